The monoisotopic (exact) mass is 207 g/mol. The van der Waals surface area contributed by atoms with Crippen molar-refractivity contribution in [3.05, 3.63) is 17.8 Å². The second-order valence-corrected chi connectivity index (χ2v) is 3.97. The van der Waals surface area contributed by atoms with Crippen LogP contribution in [0.2, 0.25) is 0 Å². The number of rotatable bonds is 1. The second-order valence-electron chi connectivity index (χ2n) is 3.97. The molecule has 2 N–H and O–H groups in total. The number of nitrogen functional groups attached to an aromatic ring is 1. The lowest BCUT2D eigenvalue weighted by molar-refractivity contribution is 0.0529. The lowest BCUT2D eigenvalue weighted by atomic mass is 10.2. The number of aryl methyl sites for hydroxylation is 1. The van der Waals surface area contributed by atoms with E-state index in [0.717, 1.165) is 36.9 Å². The maximum atomic E-state index is 5.74. The zero-order valence-electron chi connectivity index (χ0n) is 9.23. The summed E-state index contributed by atoms with van der Waals surface area (Å²) in [5, 5.41) is 0. The van der Waals surface area contributed by atoms with Gasteiger partial charge in [0.25, 0.3) is 0 Å². The van der Waals surface area contributed by atoms with Crippen LogP contribution in [-0.2, 0) is 4.74 Å². The number of nitrogens with zero attached hydrogens (tertiary/aromatic N) is 2. The van der Waals surface area contributed by atoms with Crippen LogP contribution in [0.15, 0.2) is 12.1 Å². The maximum absolute atomic E-state index is 5.74. The molecule has 4 heteroatoms. The molecule has 0 bridgehead atoms. The van der Waals surface area contributed by atoms with Gasteiger partial charge in [0.05, 0.1) is 24.1 Å². The first-order valence-corrected chi connectivity index (χ1v) is 5.26. The van der Waals surface area contributed by atoms with Crippen molar-refractivity contribution >= 4 is 11.5 Å². The van der Waals surface area contributed by atoms with Gasteiger partial charge in [-0.15, -0.1) is 0 Å². The molecule has 1 saturated heterocycles. The Morgan fingerprint density at radius 3 is 3.00 bits per heavy atom. The van der Waals surface area contributed by atoms with Gasteiger partial charge in [-0.3, -0.25) is 0 Å². The summed E-state index contributed by atoms with van der Waals surface area (Å²) < 4.78 is 5.49. The molecule has 0 spiro atoms. The van der Waals surface area contributed by atoms with Gasteiger partial charge in [-0.25, -0.2) is 4.98 Å². The number of anilines is 2. The van der Waals surface area contributed by atoms with Gasteiger partial charge in [0.1, 0.15) is 5.82 Å². The Bertz CT molecular complexity index is 354. The fraction of sp³-hybridized carbons (Fsp3) is 0.545. The quantitative estimate of drug-likeness (QED) is 0.751. The third-order valence-electron chi connectivity index (χ3n) is 2.68. The molecule has 1 aromatic rings. The zero-order valence-corrected chi connectivity index (χ0v) is 9.23. The largest absolute Gasteiger partial charge is 0.397 e. The minimum atomic E-state index is 0.276. The lowest BCUT2D eigenvalue weighted by Crippen LogP contribution is -2.41. The number of hydrogen-bond donors (Lipinski definition) is 1. The minimum Gasteiger partial charge on any atom is -0.397 e. The Morgan fingerprint density at radius 1 is 1.53 bits per heavy atom. The molecule has 1 fully saturated rings. The molecule has 0 radical (unpaired) electrons. The van der Waals surface area contributed by atoms with E-state index in [1.165, 1.54) is 0 Å². The van der Waals surface area contributed by atoms with Crippen LogP contribution in [0.3, 0.4) is 0 Å². The third kappa shape index (κ3) is 2.21. The van der Waals surface area contributed by atoms with Gasteiger partial charge in [-0.05, 0) is 26.0 Å². The lowest BCUT2D eigenvalue weighted by Gasteiger charge is -2.32. The Kier molecular flexibility index (Phi) is 2.77. The molecule has 2 rings (SSSR count). The van der Waals surface area contributed by atoms with Gasteiger partial charge in [0, 0.05) is 13.1 Å². The van der Waals surface area contributed by atoms with Gasteiger partial charge in [-0.1, -0.05) is 0 Å². The van der Waals surface area contributed by atoms with Gasteiger partial charge < -0.3 is 15.4 Å². The van der Waals surface area contributed by atoms with Crippen molar-refractivity contribution in [3.8, 4) is 0 Å². The van der Waals surface area contributed by atoms with Crippen LogP contribution in [0.4, 0.5) is 11.5 Å². The average molecular weight is 207 g/mol. The summed E-state index contributed by atoms with van der Waals surface area (Å²) in [6, 6.07) is 3.89. The average Bonchev–Trinajstić information content (AvgIpc) is 2.22. The Hall–Kier alpha value is -1.29. The fourth-order valence-electron chi connectivity index (χ4n) is 1.76. The zero-order chi connectivity index (χ0) is 10.8. The van der Waals surface area contributed by atoms with Crippen molar-refractivity contribution in [1.29, 1.82) is 0 Å². The molecular weight excluding hydrogens is 190 g/mol. The predicted molar refractivity (Wildman–Crippen MR) is 61.0 cm³/mol. The van der Waals surface area contributed by atoms with Crippen LogP contribution < -0.4 is 10.6 Å². The summed E-state index contributed by atoms with van der Waals surface area (Å²) in [5.74, 6) is 0.997. The standard InChI is InChI=1S/C11H17N3O/c1-8-7-14(5-6-15-8)11-4-3-10(12)9(2)13-11/h3-4,8H,5-7,12H2,1-2H3. The molecule has 15 heavy (non-hydrogen) atoms. The topological polar surface area (TPSA) is 51.4 Å². The molecule has 1 aliphatic rings. The predicted octanol–water partition coefficient (Wildman–Crippen LogP) is 1.20. The van der Waals surface area contributed by atoms with Crippen LogP contribution in [0.1, 0.15) is 12.6 Å². The molecule has 0 amide bonds. The van der Waals surface area contributed by atoms with E-state index in [1.807, 2.05) is 19.1 Å². The fourth-order valence-corrected chi connectivity index (χ4v) is 1.76. The minimum absolute atomic E-state index is 0.276. The Morgan fingerprint density at radius 2 is 2.33 bits per heavy atom. The third-order valence-corrected chi connectivity index (χ3v) is 2.68. The van der Waals surface area contributed by atoms with Crippen molar-refractivity contribution in [2.24, 2.45) is 0 Å². The van der Waals surface area contributed by atoms with Gasteiger partial charge in [0.15, 0.2) is 0 Å². The Balaban J connectivity index is 2.18. The van der Waals surface area contributed by atoms with E-state index in [2.05, 4.69) is 16.8 Å². The van der Waals surface area contributed by atoms with Crippen molar-refractivity contribution < 1.29 is 4.74 Å². The SMILES string of the molecule is Cc1nc(N2CCOC(C)C2)ccc1N. The van der Waals surface area contributed by atoms with E-state index in [0.29, 0.717) is 0 Å². The molecule has 0 saturated carbocycles. The molecule has 1 atom stereocenters. The molecule has 1 unspecified atom stereocenters. The number of morpholine rings is 1. The molecule has 0 aromatic carbocycles. The summed E-state index contributed by atoms with van der Waals surface area (Å²) >= 11 is 0. The first-order chi connectivity index (χ1) is 7.16. The number of ether oxygens (including phenoxy) is 1. The van der Waals surface area contributed by atoms with Crippen molar-refractivity contribution in [1.82, 2.24) is 4.98 Å². The van der Waals surface area contributed by atoms with Crippen molar-refractivity contribution in [2.45, 2.75) is 20.0 Å². The second kappa shape index (κ2) is 4.06. The Labute approximate surface area is 90.0 Å². The van der Waals surface area contributed by atoms with Crippen LogP contribution in [0.25, 0.3) is 0 Å². The highest BCUT2D eigenvalue weighted by Crippen LogP contribution is 2.18. The molecule has 82 valence electrons. The maximum Gasteiger partial charge on any atom is 0.129 e. The summed E-state index contributed by atoms with van der Waals surface area (Å²) in [7, 11) is 0. The highest BCUT2D eigenvalue weighted by Gasteiger charge is 2.17. The van der Waals surface area contributed by atoms with Crippen LogP contribution in [0.5, 0.6) is 0 Å². The van der Waals surface area contributed by atoms with Crippen LogP contribution >= 0.6 is 0 Å². The van der Waals surface area contributed by atoms with E-state index in [9.17, 15) is 0 Å². The molecule has 1 aromatic heterocycles. The normalized spacial score (nSPS) is 21.7. The van der Waals surface area contributed by atoms with Crippen LogP contribution in [0, 0.1) is 6.92 Å². The summed E-state index contributed by atoms with van der Waals surface area (Å²) in [6.45, 7) is 6.59. The molecule has 0 aliphatic carbocycles. The highest BCUT2D eigenvalue weighted by atomic mass is 16.5. The van der Waals surface area contributed by atoms with Crippen LogP contribution in [-0.4, -0.2) is 30.8 Å². The van der Waals surface area contributed by atoms with E-state index in [-0.39, 0.29) is 6.10 Å². The van der Waals surface area contributed by atoms with Crippen molar-refractivity contribution in [3.63, 3.8) is 0 Å². The number of hydrogen-bond acceptors (Lipinski definition) is 4. The summed E-state index contributed by atoms with van der Waals surface area (Å²) in [4.78, 5) is 6.71. The number of pyridine rings is 1. The van der Waals surface area contributed by atoms with E-state index in [4.69, 9.17) is 10.5 Å². The van der Waals surface area contributed by atoms with Gasteiger partial charge in [0.2, 0.25) is 0 Å². The first-order valence-electron chi connectivity index (χ1n) is 5.26. The smallest absolute Gasteiger partial charge is 0.129 e. The molecule has 1 aliphatic heterocycles. The number of aromatic nitrogens is 1. The molecule has 4 nitrogen and oxygen atoms in total. The van der Waals surface area contributed by atoms with E-state index >= 15 is 0 Å². The van der Waals surface area contributed by atoms with Gasteiger partial charge >= 0.3 is 0 Å². The summed E-state index contributed by atoms with van der Waals surface area (Å²) in [5.41, 5.74) is 7.38. The van der Waals surface area contributed by atoms with E-state index in [1.54, 1.807) is 0 Å². The summed E-state index contributed by atoms with van der Waals surface area (Å²) in [6.07, 6.45) is 0.276. The molecule has 2 heterocycles. The van der Waals surface area contributed by atoms with Crippen molar-refractivity contribution in [2.75, 3.05) is 30.3 Å². The number of nitrogens with two attached hydrogens (primary N) is 1. The van der Waals surface area contributed by atoms with Gasteiger partial charge in [-0.2, -0.15) is 0 Å². The molecular formula is C11H17N3O. The first kappa shape index (κ1) is 10.2. The highest BCUT2D eigenvalue weighted by molar-refractivity contribution is 5.50. The van der Waals surface area contributed by atoms with E-state index < -0.39 is 0 Å².